The molecule has 0 radical (unpaired) electrons. The summed E-state index contributed by atoms with van der Waals surface area (Å²) in [7, 11) is 0. The second-order valence-electron chi connectivity index (χ2n) is 14.4. The molecule has 57 heavy (non-hydrogen) atoms. The van der Waals surface area contributed by atoms with Crippen molar-refractivity contribution in [1.82, 2.24) is 19.5 Å². The minimum atomic E-state index is 0.551. The van der Waals surface area contributed by atoms with Crippen molar-refractivity contribution < 1.29 is 8.83 Å². The van der Waals surface area contributed by atoms with E-state index in [0.29, 0.717) is 17.5 Å². The van der Waals surface area contributed by atoms with Crippen LogP contribution in [0.3, 0.4) is 0 Å². The largest absolute Gasteiger partial charge is 0.456 e. The van der Waals surface area contributed by atoms with E-state index in [1.807, 2.05) is 30.3 Å². The van der Waals surface area contributed by atoms with Crippen molar-refractivity contribution in [3.8, 4) is 51.0 Å². The van der Waals surface area contributed by atoms with Gasteiger partial charge in [-0.25, -0.2) is 15.0 Å². The number of aromatic nitrogens is 4. The third-order valence-electron chi connectivity index (χ3n) is 11.1. The molecule has 4 heterocycles. The molecule has 0 saturated carbocycles. The van der Waals surface area contributed by atoms with Crippen LogP contribution in [-0.4, -0.2) is 19.5 Å². The van der Waals surface area contributed by atoms with Crippen molar-refractivity contribution in [3.05, 3.63) is 182 Å². The zero-order chi connectivity index (χ0) is 37.5. The van der Waals surface area contributed by atoms with Gasteiger partial charge >= 0.3 is 0 Å². The van der Waals surface area contributed by atoms with Crippen LogP contribution >= 0.6 is 0 Å². The minimum Gasteiger partial charge on any atom is -0.456 e. The van der Waals surface area contributed by atoms with Crippen molar-refractivity contribution in [2.75, 3.05) is 0 Å². The fourth-order valence-electron chi connectivity index (χ4n) is 8.38. The normalized spacial score (nSPS) is 11.9. The van der Waals surface area contributed by atoms with Gasteiger partial charge in [0.2, 0.25) is 0 Å². The summed E-state index contributed by atoms with van der Waals surface area (Å²) in [5.41, 5.74) is 11.2. The Morgan fingerprint density at radius 1 is 0.316 bits per heavy atom. The van der Waals surface area contributed by atoms with Gasteiger partial charge in [-0.05, 0) is 65.7 Å². The third kappa shape index (κ3) is 5.01. The van der Waals surface area contributed by atoms with Crippen LogP contribution in [0.4, 0.5) is 0 Å². The Hall–Kier alpha value is -7.83. The van der Waals surface area contributed by atoms with Gasteiger partial charge < -0.3 is 13.4 Å². The maximum absolute atomic E-state index is 6.83. The van der Waals surface area contributed by atoms with Crippen LogP contribution in [-0.2, 0) is 0 Å². The lowest BCUT2D eigenvalue weighted by atomic mass is 10.0. The second-order valence-corrected chi connectivity index (χ2v) is 14.4. The number of benzene rings is 8. The van der Waals surface area contributed by atoms with Crippen LogP contribution in [0.5, 0.6) is 0 Å². The fourth-order valence-corrected chi connectivity index (χ4v) is 8.38. The molecule has 0 saturated heterocycles. The number of rotatable bonds is 5. The number of nitrogens with zero attached hydrogens (tertiary/aromatic N) is 4. The molecule has 0 unspecified atom stereocenters. The Bertz CT molecular complexity index is 3490. The van der Waals surface area contributed by atoms with Gasteiger partial charge in [0.1, 0.15) is 16.7 Å². The van der Waals surface area contributed by atoms with E-state index < -0.39 is 0 Å². The zero-order valence-corrected chi connectivity index (χ0v) is 30.4. The van der Waals surface area contributed by atoms with Gasteiger partial charge in [-0.15, -0.1) is 0 Å². The van der Waals surface area contributed by atoms with Crippen LogP contribution < -0.4 is 0 Å². The molecular weight excluding hydrogens is 701 g/mol. The molecule has 6 heteroatoms. The summed E-state index contributed by atoms with van der Waals surface area (Å²) in [5.74, 6) is 1.69. The zero-order valence-electron chi connectivity index (χ0n) is 30.4. The standard InChI is InChI=1S/C51H30N4O2/c1-2-12-31(13-3-1)32-14-10-15-33(28-32)49-52-50(34-24-26-39-38-18-6-9-23-45(38)56-46(39)29-34)54-51(53-49)35-25-27-40-41-19-11-22-44(48(41)57-47(40)30-35)55-42-20-7-4-16-36(42)37-17-5-8-21-43(37)55/h1-30H. The van der Waals surface area contributed by atoms with Crippen LogP contribution in [0, 0.1) is 0 Å². The predicted molar refractivity (Wildman–Crippen MR) is 230 cm³/mol. The van der Waals surface area contributed by atoms with Crippen LogP contribution in [0.25, 0.3) is 117 Å². The highest BCUT2D eigenvalue weighted by Gasteiger charge is 2.20. The van der Waals surface area contributed by atoms with Gasteiger partial charge in [0.05, 0.1) is 16.7 Å². The molecular formula is C51H30N4O2. The highest BCUT2D eigenvalue weighted by atomic mass is 16.3. The Balaban J connectivity index is 1.04. The number of fused-ring (bicyclic) bond motifs is 9. The summed E-state index contributed by atoms with van der Waals surface area (Å²) in [4.78, 5) is 15.3. The van der Waals surface area contributed by atoms with E-state index >= 15 is 0 Å². The van der Waals surface area contributed by atoms with Crippen LogP contribution in [0.1, 0.15) is 0 Å². The number of hydrogen-bond donors (Lipinski definition) is 0. The van der Waals surface area contributed by atoms with Gasteiger partial charge in [-0.1, -0.05) is 127 Å². The highest BCUT2D eigenvalue weighted by Crippen LogP contribution is 2.39. The molecule has 0 bridgehead atoms. The van der Waals surface area contributed by atoms with Gasteiger partial charge in [-0.2, -0.15) is 0 Å². The molecule has 266 valence electrons. The molecule has 4 aromatic heterocycles. The molecule has 0 amide bonds. The molecule has 0 N–H and O–H groups in total. The SMILES string of the molecule is c1ccc(-c2cccc(-c3nc(-c4ccc5c(c4)oc4ccccc45)nc(-c4ccc5c(c4)oc4c(-n6c7ccccc7c7ccccc76)cccc45)n3)c2)cc1. The number of furan rings is 2. The summed E-state index contributed by atoms with van der Waals surface area (Å²) >= 11 is 0. The first-order chi connectivity index (χ1) is 28.2. The molecule has 0 spiro atoms. The topological polar surface area (TPSA) is 69.9 Å². The molecule has 0 aliphatic carbocycles. The molecule has 6 nitrogen and oxygen atoms in total. The van der Waals surface area contributed by atoms with E-state index in [0.717, 1.165) is 88.4 Å². The lowest BCUT2D eigenvalue weighted by Gasteiger charge is -2.10. The van der Waals surface area contributed by atoms with Crippen LogP contribution in [0.15, 0.2) is 191 Å². The van der Waals surface area contributed by atoms with Crippen molar-refractivity contribution in [2.45, 2.75) is 0 Å². The van der Waals surface area contributed by atoms with Crippen molar-refractivity contribution >= 4 is 65.7 Å². The Morgan fingerprint density at radius 2 is 0.807 bits per heavy atom. The highest BCUT2D eigenvalue weighted by molar-refractivity contribution is 6.13. The Kier molecular flexibility index (Phi) is 6.83. The van der Waals surface area contributed by atoms with E-state index in [1.165, 1.54) is 10.8 Å². The smallest absolute Gasteiger partial charge is 0.164 e. The van der Waals surface area contributed by atoms with Crippen LogP contribution in [0.2, 0.25) is 0 Å². The quantitative estimate of drug-likeness (QED) is 0.176. The number of hydrogen-bond acceptors (Lipinski definition) is 5. The van der Waals surface area contributed by atoms with E-state index in [1.54, 1.807) is 0 Å². The first kappa shape index (κ1) is 31.5. The third-order valence-corrected chi connectivity index (χ3v) is 11.1. The van der Waals surface area contributed by atoms with E-state index in [2.05, 4.69) is 156 Å². The number of para-hydroxylation sites is 4. The lowest BCUT2D eigenvalue weighted by molar-refractivity contribution is 0.666. The van der Waals surface area contributed by atoms with Gasteiger partial charge in [0, 0.05) is 49.0 Å². The van der Waals surface area contributed by atoms with Crippen molar-refractivity contribution in [1.29, 1.82) is 0 Å². The Labute approximate surface area is 325 Å². The average Bonchev–Trinajstić information content (AvgIpc) is 3.96. The predicted octanol–water partition coefficient (Wildman–Crippen LogP) is 13.4. The lowest BCUT2D eigenvalue weighted by Crippen LogP contribution is -2.00. The van der Waals surface area contributed by atoms with Crippen molar-refractivity contribution in [2.24, 2.45) is 0 Å². The van der Waals surface area contributed by atoms with E-state index in [4.69, 9.17) is 23.8 Å². The van der Waals surface area contributed by atoms with Gasteiger partial charge in [0.15, 0.2) is 23.1 Å². The van der Waals surface area contributed by atoms with E-state index in [9.17, 15) is 0 Å². The molecule has 0 aliphatic rings. The van der Waals surface area contributed by atoms with Crippen molar-refractivity contribution in [3.63, 3.8) is 0 Å². The maximum atomic E-state index is 6.83. The molecule has 0 aliphatic heterocycles. The van der Waals surface area contributed by atoms with Gasteiger partial charge in [0.25, 0.3) is 0 Å². The summed E-state index contributed by atoms with van der Waals surface area (Å²) in [5, 5.41) is 6.61. The first-order valence-electron chi connectivity index (χ1n) is 19.0. The Morgan fingerprint density at radius 3 is 1.51 bits per heavy atom. The fraction of sp³-hybridized carbons (Fsp3) is 0. The molecule has 0 atom stereocenters. The monoisotopic (exact) mass is 730 g/mol. The molecule has 8 aromatic carbocycles. The molecule has 0 fully saturated rings. The molecule has 12 rings (SSSR count). The first-order valence-corrected chi connectivity index (χ1v) is 19.0. The second kappa shape index (κ2) is 12.3. The average molecular weight is 731 g/mol. The summed E-state index contributed by atoms with van der Waals surface area (Å²) in [6, 6.07) is 62.7. The molecule has 12 aromatic rings. The summed E-state index contributed by atoms with van der Waals surface area (Å²) in [6.45, 7) is 0. The summed E-state index contributed by atoms with van der Waals surface area (Å²) in [6.07, 6.45) is 0. The van der Waals surface area contributed by atoms with Gasteiger partial charge in [-0.3, -0.25) is 0 Å². The minimum absolute atomic E-state index is 0.551. The maximum Gasteiger partial charge on any atom is 0.164 e. The summed E-state index contributed by atoms with van der Waals surface area (Å²) < 4.78 is 15.4. The van der Waals surface area contributed by atoms with E-state index in [-0.39, 0.29) is 0 Å².